The zero-order chi connectivity index (χ0) is 15.6. The minimum atomic E-state index is -4.16. The van der Waals surface area contributed by atoms with Crippen molar-refractivity contribution in [1.82, 2.24) is 0 Å². The van der Waals surface area contributed by atoms with Gasteiger partial charge < -0.3 is 9.47 Å². The first-order valence-electron chi connectivity index (χ1n) is 6.09. The molecule has 0 aliphatic carbocycles. The lowest BCUT2D eigenvalue weighted by molar-refractivity contribution is 0.0160. The molecule has 1 unspecified atom stereocenters. The fourth-order valence-electron chi connectivity index (χ4n) is 1.94. The third-order valence-corrected chi connectivity index (χ3v) is 5.01. The highest BCUT2D eigenvalue weighted by molar-refractivity contribution is 9.10. The van der Waals surface area contributed by atoms with Crippen LogP contribution >= 0.6 is 15.9 Å². The minimum Gasteiger partial charge on any atom is -0.459 e. The molecule has 6 nitrogen and oxygen atoms in total. The van der Waals surface area contributed by atoms with Gasteiger partial charge in [-0.2, -0.15) is 0 Å². The number of rotatable bonds is 4. The van der Waals surface area contributed by atoms with Gasteiger partial charge in [0.05, 0.1) is 21.0 Å². The van der Waals surface area contributed by atoms with Crippen molar-refractivity contribution in [1.29, 1.82) is 0 Å². The molecule has 0 saturated carbocycles. The standard InChI is InChI=1S/C12H13BrFNO5S/c13-11-9(4-7(14)5-10(11)21(15,17)18)12(16)20-6-8-2-1-3-19-8/h4-5,8H,1-3,6H2,(H2,15,17,18). The van der Waals surface area contributed by atoms with E-state index in [9.17, 15) is 17.6 Å². The van der Waals surface area contributed by atoms with Crippen molar-refractivity contribution in [3.8, 4) is 0 Å². The number of carbonyl (C=O) groups excluding carboxylic acids is 1. The molecule has 2 N–H and O–H groups in total. The molecule has 1 aromatic rings. The summed E-state index contributed by atoms with van der Waals surface area (Å²) in [5, 5.41) is 4.97. The summed E-state index contributed by atoms with van der Waals surface area (Å²) < 4.78 is 46.4. The second kappa shape index (κ2) is 6.39. The Morgan fingerprint density at radius 1 is 1.52 bits per heavy atom. The first-order chi connectivity index (χ1) is 9.79. The average molecular weight is 382 g/mol. The summed E-state index contributed by atoms with van der Waals surface area (Å²) in [5.74, 6) is -1.74. The number of ether oxygens (including phenoxy) is 2. The molecule has 1 aliphatic rings. The van der Waals surface area contributed by atoms with Crippen LogP contribution in [-0.4, -0.2) is 33.7 Å². The number of halogens is 2. The highest BCUT2D eigenvalue weighted by Crippen LogP contribution is 2.27. The maximum absolute atomic E-state index is 13.5. The maximum Gasteiger partial charge on any atom is 0.339 e. The number of sulfonamides is 1. The maximum atomic E-state index is 13.5. The van der Waals surface area contributed by atoms with Crippen molar-refractivity contribution < 1.29 is 27.1 Å². The van der Waals surface area contributed by atoms with Crippen LogP contribution in [0.4, 0.5) is 4.39 Å². The average Bonchev–Trinajstić information content (AvgIpc) is 2.90. The molecule has 1 aromatic carbocycles. The first-order valence-corrected chi connectivity index (χ1v) is 8.43. The molecule has 21 heavy (non-hydrogen) atoms. The Morgan fingerprint density at radius 2 is 2.24 bits per heavy atom. The van der Waals surface area contributed by atoms with Gasteiger partial charge >= 0.3 is 5.97 Å². The van der Waals surface area contributed by atoms with Gasteiger partial charge in [-0.3, -0.25) is 0 Å². The summed E-state index contributed by atoms with van der Waals surface area (Å²) in [6.45, 7) is 0.647. The van der Waals surface area contributed by atoms with E-state index in [0.29, 0.717) is 6.61 Å². The summed E-state index contributed by atoms with van der Waals surface area (Å²) in [4.78, 5) is 11.4. The Morgan fingerprint density at radius 3 is 2.81 bits per heavy atom. The van der Waals surface area contributed by atoms with E-state index in [1.807, 2.05) is 0 Å². The van der Waals surface area contributed by atoms with Gasteiger partial charge in [-0.15, -0.1) is 0 Å². The van der Waals surface area contributed by atoms with E-state index in [1.54, 1.807) is 0 Å². The number of hydrogen-bond donors (Lipinski definition) is 1. The van der Waals surface area contributed by atoms with Crippen molar-refractivity contribution in [2.45, 2.75) is 23.8 Å². The van der Waals surface area contributed by atoms with Crippen LogP contribution in [-0.2, 0) is 19.5 Å². The van der Waals surface area contributed by atoms with E-state index in [1.165, 1.54) is 0 Å². The molecule has 0 amide bonds. The van der Waals surface area contributed by atoms with E-state index < -0.39 is 26.7 Å². The molecule has 0 bridgehead atoms. The second-order valence-corrected chi connectivity index (χ2v) is 6.87. The molecule has 0 spiro atoms. The van der Waals surface area contributed by atoms with Crippen molar-refractivity contribution in [3.63, 3.8) is 0 Å². The summed E-state index contributed by atoms with van der Waals surface area (Å²) in [7, 11) is -4.16. The highest BCUT2D eigenvalue weighted by Gasteiger charge is 2.24. The van der Waals surface area contributed by atoms with Crippen LogP contribution in [0.3, 0.4) is 0 Å². The molecular weight excluding hydrogens is 369 g/mol. The van der Waals surface area contributed by atoms with Crippen molar-refractivity contribution in [2.24, 2.45) is 5.14 Å². The van der Waals surface area contributed by atoms with Crippen LogP contribution in [0.1, 0.15) is 23.2 Å². The zero-order valence-corrected chi connectivity index (χ0v) is 13.2. The molecule has 1 aliphatic heterocycles. The van der Waals surface area contributed by atoms with Gasteiger partial charge in [-0.1, -0.05) is 0 Å². The fraction of sp³-hybridized carbons (Fsp3) is 0.417. The molecule has 1 fully saturated rings. The van der Waals surface area contributed by atoms with Gasteiger partial charge in [0, 0.05) is 6.61 Å². The van der Waals surface area contributed by atoms with Gasteiger partial charge in [0.1, 0.15) is 12.4 Å². The molecule has 2 rings (SSSR count). The Balaban J connectivity index is 2.22. The quantitative estimate of drug-likeness (QED) is 0.798. The topological polar surface area (TPSA) is 95.7 Å². The second-order valence-electron chi connectivity index (χ2n) is 4.54. The molecule has 0 aromatic heterocycles. The summed E-state index contributed by atoms with van der Waals surface area (Å²) >= 11 is 2.95. The van der Waals surface area contributed by atoms with Gasteiger partial charge in [0.25, 0.3) is 0 Å². The smallest absolute Gasteiger partial charge is 0.339 e. The zero-order valence-electron chi connectivity index (χ0n) is 10.8. The molecule has 116 valence electrons. The minimum absolute atomic E-state index is 0.0342. The number of nitrogens with two attached hydrogens (primary N) is 1. The van der Waals surface area contributed by atoms with E-state index in [4.69, 9.17) is 14.6 Å². The number of esters is 1. The predicted molar refractivity (Wildman–Crippen MR) is 74.7 cm³/mol. The van der Waals surface area contributed by atoms with E-state index in [-0.39, 0.29) is 22.7 Å². The van der Waals surface area contributed by atoms with E-state index in [2.05, 4.69) is 15.9 Å². The number of hydrogen-bond acceptors (Lipinski definition) is 5. The van der Waals surface area contributed by atoms with E-state index in [0.717, 1.165) is 25.0 Å². The fourth-order valence-corrected chi connectivity index (χ4v) is 3.65. The number of benzene rings is 1. The third-order valence-electron chi connectivity index (χ3n) is 2.95. The molecule has 1 atom stereocenters. The van der Waals surface area contributed by atoms with Crippen LogP contribution in [0, 0.1) is 5.82 Å². The van der Waals surface area contributed by atoms with Gasteiger partial charge in [-0.05, 0) is 40.9 Å². The Kier molecular flexibility index (Phi) is 4.97. The SMILES string of the molecule is NS(=O)(=O)c1cc(F)cc(C(=O)OCC2CCCO2)c1Br. The first kappa shape index (κ1) is 16.3. The molecule has 9 heteroatoms. The van der Waals surface area contributed by atoms with Crippen LogP contribution in [0.2, 0.25) is 0 Å². The normalized spacial score (nSPS) is 18.7. The Bertz CT molecular complexity index is 658. The number of primary sulfonamides is 1. The lowest BCUT2D eigenvalue weighted by Gasteiger charge is -2.12. The summed E-state index contributed by atoms with van der Waals surface area (Å²) in [6, 6.07) is 1.62. The molecule has 1 saturated heterocycles. The van der Waals surface area contributed by atoms with Gasteiger partial charge in [0.15, 0.2) is 0 Å². The van der Waals surface area contributed by atoms with Crippen molar-refractivity contribution in [2.75, 3.05) is 13.2 Å². The van der Waals surface area contributed by atoms with Gasteiger partial charge in [0.2, 0.25) is 10.0 Å². The van der Waals surface area contributed by atoms with Crippen LogP contribution in [0.25, 0.3) is 0 Å². The van der Waals surface area contributed by atoms with E-state index >= 15 is 0 Å². The molecule has 1 heterocycles. The van der Waals surface area contributed by atoms with Crippen LogP contribution in [0.15, 0.2) is 21.5 Å². The van der Waals surface area contributed by atoms with Crippen molar-refractivity contribution in [3.05, 3.63) is 28.0 Å². The predicted octanol–water partition coefficient (Wildman–Crippen LogP) is 1.57. The monoisotopic (exact) mass is 381 g/mol. The molecular formula is C12H13BrFNO5S. The van der Waals surface area contributed by atoms with Crippen LogP contribution < -0.4 is 5.14 Å². The van der Waals surface area contributed by atoms with Crippen LogP contribution in [0.5, 0.6) is 0 Å². The Hall–Kier alpha value is -1.03. The third kappa shape index (κ3) is 4.00. The largest absolute Gasteiger partial charge is 0.459 e. The van der Waals surface area contributed by atoms with Crippen molar-refractivity contribution >= 4 is 31.9 Å². The lowest BCUT2D eigenvalue weighted by Crippen LogP contribution is -2.19. The summed E-state index contributed by atoms with van der Waals surface area (Å²) in [5.41, 5.74) is -0.239. The summed E-state index contributed by atoms with van der Waals surface area (Å²) in [6.07, 6.45) is 1.49. The highest BCUT2D eigenvalue weighted by atomic mass is 79.9. The lowest BCUT2D eigenvalue weighted by atomic mass is 10.2. The van der Waals surface area contributed by atoms with Gasteiger partial charge in [-0.25, -0.2) is 22.7 Å². The molecule has 0 radical (unpaired) electrons. The Labute approximate surface area is 129 Å². The number of carbonyl (C=O) groups is 1.